The highest BCUT2D eigenvalue weighted by Gasteiger charge is 2.37. The lowest BCUT2D eigenvalue weighted by atomic mass is 10.1. The van der Waals surface area contributed by atoms with E-state index in [0.717, 1.165) is 38.7 Å². The van der Waals surface area contributed by atoms with Gasteiger partial charge in [-0.05, 0) is 29.8 Å². The SMILES string of the molecule is FC1(F)CCN(Cc2cncc(-c3cnc4[nH]nc(-c5nc6c(-c7cccnc7)ccnc6[nH]5)c4c3)c2)C1. The molecule has 0 aromatic carbocycles. The molecule has 38 heavy (non-hydrogen) atoms. The lowest BCUT2D eigenvalue weighted by Gasteiger charge is -2.15. The van der Waals surface area contributed by atoms with Crippen molar-refractivity contribution in [3.63, 3.8) is 0 Å². The monoisotopic (exact) mass is 509 g/mol. The lowest BCUT2D eigenvalue weighted by Crippen LogP contribution is -2.24. The first-order valence-electron chi connectivity index (χ1n) is 12.2. The molecule has 0 bridgehead atoms. The molecule has 11 heteroatoms. The van der Waals surface area contributed by atoms with E-state index >= 15 is 0 Å². The minimum atomic E-state index is -2.62. The number of imidazole rings is 1. The van der Waals surface area contributed by atoms with Crippen molar-refractivity contribution in [1.29, 1.82) is 0 Å². The highest BCUT2D eigenvalue weighted by atomic mass is 19.3. The van der Waals surface area contributed by atoms with E-state index in [1.807, 2.05) is 30.3 Å². The van der Waals surface area contributed by atoms with E-state index in [0.29, 0.717) is 35.9 Å². The Morgan fingerprint density at radius 2 is 1.82 bits per heavy atom. The van der Waals surface area contributed by atoms with Crippen molar-refractivity contribution in [2.75, 3.05) is 13.1 Å². The second-order valence-corrected chi connectivity index (χ2v) is 9.47. The minimum absolute atomic E-state index is 0.106. The fourth-order valence-corrected chi connectivity index (χ4v) is 4.95. The van der Waals surface area contributed by atoms with Crippen molar-refractivity contribution in [2.45, 2.75) is 18.9 Å². The van der Waals surface area contributed by atoms with Crippen LogP contribution in [0.3, 0.4) is 0 Å². The third-order valence-corrected chi connectivity index (χ3v) is 6.78. The number of alkyl halides is 2. The molecule has 6 aromatic heterocycles. The van der Waals surface area contributed by atoms with Gasteiger partial charge in [-0.25, -0.2) is 23.7 Å². The Labute approximate surface area is 215 Å². The molecule has 1 saturated heterocycles. The Morgan fingerprint density at radius 1 is 0.921 bits per heavy atom. The fraction of sp³-hybridized carbons (Fsp3) is 0.185. The number of nitrogens with zero attached hydrogens (tertiary/aromatic N) is 7. The number of nitrogens with one attached hydrogen (secondary N) is 2. The number of hydrogen-bond donors (Lipinski definition) is 2. The number of aromatic nitrogens is 8. The van der Waals surface area contributed by atoms with E-state index in [-0.39, 0.29) is 13.0 Å². The maximum atomic E-state index is 13.6. The molecule has 0 unspecified atom stereocenters. The maximum Gasteiger partial charge on any atom is 0.261 e. The number of H-pyrrole nitrogens is 2. The van der Waals surface area contributed by atoms with Crippen molar-refractivity contribution < 1.29 is 8.78 Å². The van der Waals surface area contributed by atoms with E-state index in [1.165, 1.54) is 0 Å². The summed E-state index contributed by atoms with van der Waals surface area (Å²) in [4.78, 5) is 27.5. The molecule has 7 heterocycles. The zero-order chi connectivity index (χ0) is 25.7. The molecule has 1 aliphatic rings. The molecule has 1 fully saturated rings. The summed E-state index contributed by atoms with van der Waals surface area (Å²) in [6, 6.07) is 9.73. The van der Waals surface area contributed by atoms with Crippen LogP contribution in [0.4, 0.5) is 8.78 Å². The van der Waals surface area contributed by atoms with Crippen LogP contribution in [0.15, 0.2) is 67.5 Å². The Hall–Kier alpha value is -4.64. The van der Waals surface area contributed by atoms with Crippen molar-refractivity contribution in [1.82, 2.24) is 45.0 Å². The molecule has 9 nitrogen and oxygen atoms in total. The molecule has 0 atom stereocenters. The molecule has 0 saturated carbocycles. The smallest absolute Gasteiger partial charge is 0.261 e. The van der Waals surface area contributed by atoms with Gasteiger partial charge in [-0.2, -0.15) is 5.10 Å². The van der Waals surface area contributed by atoms with E-state index in [9.17, 15) is 8.78 Å². The van der Waals surface area contributed by atoms with E-state index < -0.39 is 5.92 Å². The first kappa shape index (κ1) is 22.5. The van der Waals surface area contributed by atoms with Crippen molar-refractivity contribution in [2.24, 2.45) is 0 Å². The van der Waals surface area contributed by atoms with Gasteiger partial charge in [0.2, 0.25) is 0 Å². The molecule has 7 rings (SSSR count). The second-order valence-electron chi connectivity index (χ2n) is 9.47. The molecule has 6 aromatic rings. The van der Waals surface area contributed by atoms with Crippen molar-refractivity contribution in [3.05, 3.63) is 73.1 Å². The topological polar surface area (TPSA) is 112 Å². The quantitative estimate of drug-likeness (QED) is 0.341. The fourth-order valence-electron chi connectivity index (χ4n) is 4.95. The molecular weight excluding hydrogens is 488 g/mol. The molecule has 0 amide bonds. The second kappa shape index (κ2) is 8.73. The van der Waals surface area contributed by atoms with E-state index in [4.69, 9.17) is 4.98 Å². The Kier molecular flexibility index (Phi) is 5.18. The normalized spacial score (nSPS) is 15.5. The zero-order valence-corrected chi connectivity index (χ0v) is 20.1. The first-order chi connectivity index (χ1) is 18.5. The van der Waals surface area contributed by atoms with Crippen LogP contribution in [-0.2, 0) is 6.54 Å². The van der Waals surface area contributed by atoms with Crippen LogP contribution in [0, 0.1) is 0 Å². The van der Waals surface area contributed by atoms with Gasteiger partial charge >= 0.3 is 0 Å². The summed E-state index contributed by atoms with van der Waals surface area (Å²) in [5.74, 6) is -2.06. The Balaban J connectivity index is 1.24. The number of halogens is 2. The van der Waals surface area contributed by atoms with E-state index in [2.05, 4.69) is 35.1 Å². The molecule has 1 aliphatic heterocycles. The van der Waals surface area contributed by atoms with Crippen LogP contribution in [-0.4, -0.2) is 64.0 Å². The van der Waals surface area contributed by atoms with Crippen LogP contribution in [0.5, 0.6) is 0 Å². The summed E-state index contributed by atoms with van der Waals surface area (Å²) < 4.78 is 27.2. The van der Waals surface area contributed by atoms with Crippen LogP contribution in [0.2, 0.25) is 0 Å². The summed E-state index contributed by atoms with van der Waals surface area (Å²) >= 11 is 0. The van der Waals surface area contributed by atoms with Gasteiger partial charge in [0.15, 0.2) is 17.1 Å². The van der Waals surface area contributed by atoms with Gasteiger partial charge < -0.3 is 4.98 Å². The van der Waals surface area contributed by atoms with Gasteiger partial charge in [0.25, 0.3) is 5.92 Å². The molecule has 0 spiro atoms. The van der Waals surface area contributed by atoms with E-state index in [1.54, 1.807) is 42.1 Å². The minimum Gasteiger partial charge on any atom is -0.321 e. The third kappa shape index (κ3) is 4.06. The number of hydrogen-bond acceptors (Lipinski definition) is 7. The first-order valence-corrected chi connectivity index (χ1v) is 12.2. The number of fused-ring (bicyclic) bond motifs is 2. The third-order valence-electron chi connectivity index (χ3n) is 6.78. The maximum absolute atomic E-state index is 13.6. The molecule has 0 aliphatic carbocycles. The standard InChI is InChI=1S/C27H21F2N9/c28-27(29)4-7-38(15-27)14-16-8-18(12-31-10-16)19-9-21-23(36-37-24(21)33-13-19)26-34-22-20(3-6-32-25(22)35-26)17-2-1-5-30-11-17/h1-3,5-6,8-13H,4,7,14-15H2,(H,32,34,35)(H,33,36,37). The number of pyridine rings is 4. The van der Waals surface area contributed by atoms with Crippen LogP contribution >= 0.6 is 0 Å². The van der Waals surface area contributed by atoms with Crippen LogP contribution in [0.25, 0.3) is 56.0 Å². The van der Waals surface area contributed by atoms with Gasteiger partial charge in [-0.15, -0.1) is 0 Å². The average molecular weight is 510 g/mol. The van der Waals surface area contributed by atoms with Gasteiger partial charge in [-0.1, -0.05) is 6.07 Å². The lowest BCUT2D eigenvalue weighted by molar-refractivity contribution is 0.0115. The molecule has 188 valence electrons. The van der Waals surface area contributed by atoms with Crippen LogP contribution in [0.1, 0.15) is 12.0 Å². The largest absolute Gasteiger partial charge is 0.321 e. The molecule has 0 radical (unpaired) electrons. The molecular formula is C27H21F2N9. The van der Waals surface area contributed by atoms with Gasteiger partial charge in [0.05, 0.1) is 11.9 Å². The van der Waals surface area contributed by atoms with Gasteiger partial charge in [0.1, 0.15) is 11.2 Å². The Bertz CT molecular complexity index is 1780. The van der Waals surface area contributed by atoms with Crippen LogP contribution < -0.4 is 0 Å². The summed E-state index contributed by atoms with van der Waals surface area (Å²) in [5, 5.41) is 8.25. The zero-order valence-electron chi connectivity index (χ0n) is 20.1. The number of aromatic amines is 2. The highest BCUT2D eigenvalue weighted by molar-refractivity contribution is 5.96. The number of likely N-dealkylation sites (tertiary alicyclic amines) is 1. The summed E-state index contributed by atoms with van der Waals surface area (Å²) in [5.41, 5.74) is 7.03. The summed E-state index contributed by atoms with van der Waals surface area (Å²) in [6.07, 6.45) is 10.4. The van der Waals surface area contributed by atoms with Gasteiger partial charge in [0, 0.05) is 78.9 Å². The van der Waals surface area contributed by atoms with Crippen molar-refractivity contribution in [3.8, 4) is 33.8 Å². The predicted octanol–water partition coefficient (Wildman–Crippen LogP) is 4.86. The Morgan fingerprint density at radius 3 is 2.66 bits per heavy atom. The van der Waals surface area contributed by atoms with Gasteiger partial charge in [-0.3, -0.25) is 20.0 Å². The summed E-state index contributed by atoms with van der Waals surface area (Å²) in [7, 11) is 0. The molecule has 2 N–H and O–H groups in total. The van der Waals surface area contributed by atoms with Crippen molar-refractivity contribution >= 4 is 22.2 Å². The average Bonchev–Trinajstić information content (AvgIpc) is 3.64. The number of rotatable bonds is 5. The predicted molar refractivity (Wildman–Crippen MR) is 138 cm³/mol. The summed E-state index contributed by atoms with van der Waals surface area (Å²) in [6.45, 7) is 0.574. The highest BCUT2D eigenvalue weighted by Crippen LogP contribution is 2.32.